The Balaban J connectivity index is -0.000000966. The summed E-state index contributed by atoms with van der Waals surface area (Å²) in [6.07, 6.45) is 44.7. The maximum atomic E-state index is 11.4. The molecule has 55 heavy (non-hydrogen) atoms. The molecule has 0 aliphatic rings. The molecule has 4 atom stereocenters. The molecular weight excluding hydrogens is 709 g/mol. The normalized spacial score (nSPS) is 14.1. The van der Waals surface area contributed by atoms with Crippen molar-refractivity contribution in [2.75, 3.05) is 13.1 Å². The summed E-state index contributed by atoms with van der Waals surface area (Å²) in [7, 11) is 0. The van der Waals surface area contributed by atoms with E-state index in [0.29, 0.717) is 24.2 Å². The van der Waals surface area contributed by atoms with Gasteiger partial charge in [-0.1, -0.05) is 130 Å². The number of allylic oxidation sites excluding steroid dienone is 8. The van der Waals surface area contributed by atoms with Crippen molar-refractivity contribution in [2.24, 2.45) is 0 Å². The number of hydrogen-bond acceptors (Lipinski definition) is 6. The zero-order valence-corrected chi connectivity index (χ0v) is 39.8. The van der Waals surface area contributed by atoms with Crippen LogP contribution < -0.4 is 10.2 Å². The first kappa shape index (κ1) is 58.4. The Morgan fingerprint density at radius 2 is 0.600 bits per heavy atom. The minimum atomic E-state index is -0.947. The first-order chi connectivity index (χ1) is 26.2. The molecule has 0 spiro atoms. The number of carbonyl (C=O) groups is 2. The van der Waals surface area contributed by atoms with Gasteiger partial charge in [-0.05, 0) is 128 Å². The second-order valence-electron chi connectivity index (χ2n) is 15.1. The molecule has 0 amide bonds. The zero-order valence-electron chi connectivity index (χ0n) is 37.5. The summed E-state index contributed by atoms with van der Waals surface area (Å²) in [5.74, 6) is -1.89. The van der Waals surface area contributed by atoms with Crippen molar-refractivity contribution < 1.29 is 19.8 Å². The number of carbonyl (C=O) groups excluding carboxylic acids is 2. The number of carboxylic acid groups (broad SMARTS) is 2. The number of unbranched alkanes of at least 4 members (excludes halogenated alkanes) is 8. The average molecular weight is 797 g/mol. The molecule has 0 aliphatic carbocycles. The minimum Gasteiger partial charge on any atom is -0.549 e. The third-order valence-corrected chi connectivity index (χ3v) is 10.5. The molecule has 0 saturated carbocycles. The topological polar surface area (TPSA) is 86.7 Å². The van der Waals surface area contributed by atoms with Gasteiger partial charge in [0.25, 0.3) is 0 Å². The Hall–Kier alpha value is -0.920. The van der Waals surface area contributed by atoms with E-state index in [4.69, 9.17) is 0 Å². The molecule has 0 aliphatic heterocycles. The predicted octanol–water partition coefficient (Wildman–Crippen LogP) is 10.9. The van der Waals surface area contributed by atoms with E-state index in [-0.39, 0.29) is 50.8 Å². The molecule has 0 N–H and O–H groups in total. The van der Waals surface area contributed by atoms with Crippen LogP contribution in [0.2, 0.25) is 0 Å². The fraction of sp³-hybridized carbons (Fsp3) is 0.792. The van der Waals surface area contributed by atoms with E-state index < -0.39 is 11.9 Å². The third-order valence-electron chi connectivity index (χ3n) is 10.5. The fourth-order valence-electron chi connectivity index (χ4n) is 7.32. The van der Waals surface area contributed by atoms with Crippen LogP contribution in [0.25, 0.3) is 0 Å². The van der Waals surface area contributed by atoms with Crippen molar-refractivity contribution in [3.8, 4) is 0 Å². The van der Waals surface area contributed by atoms with Crippen molar-refractivity contribution in [1.29, 1.82) is 0 Å². The van der Waals surface area contributed by atoms with E-state index in [2.05, 4.69) is 114 Å². The molecule has 0 rings (SSSR count). The van der Waals surface area contributed by atoms with Gasteiger partial charge in [0.05, 0.1) is 11.9 Å². The monoisotopic (exact) mass is 797 g/mol. The fourth-order valence-corrected chi connectivity index (χ4v) is 7.32. The molecule has 0 aromatic rings. The molecule has 0 bridgehead atoms. The second-order valence-corrected chi connectivity index (χ2v) is 15.1. The van der Waals surface area contributed by atoms with Crippen molar-refractivity contribution >= 4 is 49.7 Å². The molecule has 0 heterocycles. The standard InChI is InChI=1S/2C24H45NO2.Ca/c2*1-5-9-11-13-15-17-19-22(7-3)25(21-24(26)27)23(8-4)20-18-16-14-12-10-6-2;/h2*11-14,22-23H,5-10,15-21H2,1-4H3,(H,26,27);/q;;+2/p-2/b2*13-11+,14-12+;. The van der Waals surface area contributed by atoms with Gasteiger partial charge in [-0.25, -0.2) is 0 Å². The summed E-state index contributed by atoms with van der Waals surface area (Å²) >= 11 is 0. The van der Waals surface area contributed by atoms with Gasteiger partial charge in [-0.15, -0.1) is 0 Å². The summed E-state index contributed by atoms with van der Waals surface area (Å²) in [6, 6.07) is 1.34. The molecule has 316 valence electrons. The minimum absolute atomic E-state index is 0. The Labute approximate surface area is 372 Å². The third kappa shape index (κ3) is 34.8. The van der Waals surface area contributed by atoms with Crippen molar-refractivity contribution in [3.63, 3.8) is 0 Å². The van der Waals surface area contributed by atoms with Gasteiger partial charge in [0.15, 0.2) is 0 Å². The van der Waals surface area contributed by atoms with Crippen LogP contribution in [0.5, 0.6) is 0 Å². The van der Waals surface area contributed by atoms with Gasteiger partial charge in [-0.2, -0.15) is 0 Å². The van der Waals surface area contributed by atoms with Crippen molar-refractivity contribution in [3.05, 3.63) is 48.6 Å². The molecular formula is C48H88CaN2O4. The number of aliphatic carboxylic acids is 2. The van der Waals surface area contributed by atoms with Crippen LogP contribution in [0.1, 0.15) is 209 Å². The van der Waals surface area contributed by atoms with E-state index in [0.717, 1.165) is 128 Å². The van der Waals surface area contributed by atoms with Crippen LogP contribution in [0.15, 0.2) is 48.6 Å². The van der Waals surface area contributed by atoms with Crippen molar-refractivity contribution in [2.45, 2.75) is 234 Å². The van der Waals surface area contributed by atoms with Crippen LogP contribution in [-0.2, 0) is 9.59 Å². The summed E-state index contributed by atoms with van der Waals surface area (Å²) in [5, 5.41) is 22.7. The SMILES string of the molecule is CCC/C=C/CCCC(CC)N(CC(=O)[O-])C(CC)CCC/C=C/CCC.CCC/C=C/CCCC(CC)N(CC(=O)[O-])C(CC)CCC/C=C/CCC.[Ca+2]. The predicted molar refractivity (Wildman–Crippen MR) is 237 cm³/mol. The summed E-state index contributed by atoms with van der Waals surface area (Å²) in [6.45, 7) is 17.6. The van der Waals surface area contributed by atoms with Gasteiger partial charge >= 0.3 is 37.7 Å². The smallest absolute Gasteiger partial charge is 0.549 e. The number of nitrogens with zero attached hydrogens (tertiary/aromatic N) is 2. The summed E-state index contributed by atoms with van der Waals surface area (Å²) < 4.78 is 0. The molecule has 0 fully saturated rings. The average Bonchev–Trinajstić information content (AvgIpc) is 3.16. The van der Waals surface area contributed by atoms with Gasteiger partial charge in [0.1, 0.15) is 0 Å². The molecule has 6 nitrogen and oxygen atoms in total. The quantitative estimate of drug-likeness (QED) is 0.0356. The first-order valence-corrected chi connectivity index (χ1v) is 22.7. The van der Waals surface area contributed by atoms with Crippen LogP contribution in [0.4, 0.5) is 0 Å². The summed E-state index contributed by atoms with van der Waals surface area (Å²) in [5.41, 5.74) is 0. The van der Waals surface area contributed by atoms with Gasteiger partial charge in [0.2, 0.25) is 0 Å². The molecule has 0 saturated heterocycles. The van der Waals surface area contributed by atoms with E-state index in [1.54, 1.807) is 0 Å². The van der Waals surface area contributed by atoms with Gasteiger partial charge in [0, 0.05) is 37.3 Å². The Bertz CT molecular complexity index is 830. The van der Waals surface area contributed by atoms with E-state index >= 15 is 0 Å². The maximum Gasteiger partial charge on any atom is 2.00 e. The van der Waals surface area contributed by atoms with Crippen LogP contribution in [0.3, 0.4) is 0 Å². The van der Waals surface area contributed by atoms with Crippen molar-refractivity contribution in [1.82, 2.24) is 9.80 Å². The number of hydrogen-bond donors (Lipinski definition) is 0. The number of carboxylic acids is 2. The van der Waals surface area contributed by atoms with E-state index in [1.807, 2.05) is 0 Å². The van der Waals surface area contributed by atoms with Gasteiger partial charge < -0.3 is 19.8 Å². The van der Waals surface area contributed by atoms with Crippen LogP contribution >= 0.6 is 0 Å². The largest absolute Gasteiger partial charge is 2.00 e. The Morgan fingerprint density at radius 3 is 0.764 bits per heavy atom. The van der Waals surface area contributed by atoms with E-state index in [1.165, 1.54) is 25.7 Å². The first-order valence-electron chi connectivity index (χ1n) is 22.7. The van der Waals surface area contributed by atoms with Gasteiger partial charge in [-0.3, -0.25) is 9.80 Å². The van der Waals surface area contributed by atoms with Crippen LogP contribution in [0, 0.1) is 0 Å². The van der Waals surface area contributed by atoms with E-state index in [9.17, 15) is 19.8 Å². The number of rotatable bonds is 36. The molecule has 4 unspecified atom stereocenters. The molecule has 0 aromatic carbocycles. The molecule has 7 heteroatoms. The summed E-state index contributed by atoms with van der Waals surface area (Å²) in [4.78, 5) is 27.2. The Morgan fingerprint density at radius 1 is 0.400 bits per heavy atom. The van der Waals surface area contributed by atoms with Crippen LogP contribution in [-0.4, -0.2) is 96.7 Å². The zero-order chi connectivity index (χ0) is 40.7. The second kappa shape index (κ2) is 44.2. The molecule has 0 radical (unpaired) electrons. The Kier molecular flexibility index (Phi) is 46.9. The molecule has 0 aromatic heterocycles. The maximum absolute atomic E-state index is 11.4.